The van der Waals surface area contributed by atoms with Crippen LogP contribution in [0, 0.1) is 17.3 Å². The molecular weight excluding hydrogens is 226 g/mol. The third-order valence-electron chi connectivity index (χ3n) is 3.57. The second-order valence-corrected chi connectivity index (χ2v) is 6.15. The maximum absolute atomic E-state index is 3.60. The summed E-state index contributed by atoms with van der Waals surface area (Å²) in [4.78, 5) is 2.67. The number of hydrogen-bond acceptors (Lipinski definition) is 1. The molecule has 0 aromatic rings. The minimum atomic E-state index is 0.448. The first kappa shape index (κ1) is 9.97. The average molecular weight is 246 g/mol. The zero-order valence-electron chi connectivity index (χ0n) is 8.72. The summed E-state index contributed by atoms with van der Waals surface area (Å²) >= 11 is 3.60. The summed E-state index contributed by atoms with van der Waals surface area (Å²) in [5.41, 5.74) is 0.448. The summed E-state index contributed by atoms with van der Waals surface area (Å²) < 4.78 is 0. The maximum Gasteiger partial charge on any atom is 0.00949 e. The van der Waals surface area contributed by atoms with Gasteiger partial charge in [-0.2, -0.15) is 0 Å². The zero-order valence-corrected chi connectivity index (χ0v) is 10.3. The lowest BCUT2D eigenvalue weighted by atomic mass is 9.77. The van der Waals surface area contributed by atoms with Crippen molar-refractivity contribution in [1.82, 2.24) is 4.90 Å². The highest BCUT2D eigenvalue weighted by Crippen LogP contribution is 2.41. The molecule has 0 spiro atoms. The molecule has 0 bridgehead atoms. The molecule has 0 amide bonds. The maximum atomic E-state index is 3.60. The fraction of sp³-hybridized carbons (Fsp3) is 1.00. The summed E-state index contributed by atoms with van der Waals surface area (Å²) in [5, 5.41) is 1.12. The Morgan fingerprint density at radius 3 is 2.15 bits per heavy atom. The molecule has 1 aliphatic carbocycles. The lowest BCUT2D eigenvalue weighted by Gasteiger charge is -2.28. The number of halogens is 1. The van der Waals surface area contributed by atoms with E-state index in [0.717, 1.165) is 17.2 Å². The summed E-state index contributed by atoms with van der Waals surface area (Å²) in [6.07, 6.45) is 2.99. The van der Waals surface area contributed by atoms with Gasteiger partial charge in [-0.3, -0.25) is 0 Å². The van der Waals surface area contributed by atoms with E-state index in [2.05, 4.69) is 34.7 Å². The molecule has 0 N–H and O–H groups in total. The highest BCUT2D eigenvalue weighted by Gasteiger charge is 2.40. The molecular formula is C11H20BrN. The number of rotatable bonds is 3. The number of fused-ring (bicyclic) bond motifs is 1. The summed E-state index contributed by atoms with van der Waals surface area (Å²) in [6.45, 7) is 8.72. The number of likely N-dealkylation sites (tertiary alicyclic amines) is 1. The lowest BCUT2D eigenvalue weighted by Crippen LogP contribution is -2.33. The van der Waals surface area contributed by atoms with Crippen LogP contribution in [-0.4, -0.2) is 29.9 Å². The second kappa shape index (κ2) is 3.54. The molecule has 2 aliphatic rings. The Kier molecular flexibility index (Phi) is 2.72. The largest absolute Gasteiger partial charge is 0.302 e. The van der Waals surface area contributed by atoms with Gasteiger partial charge in [0.1, 0.15) is 0 Å². The van der Waals surface area contributed by atoms with Gasteiger partial charge in [-0.15, -0.1) is 0 Å². The topological polar surface area (TPSA) is 3.24 Å². The van der Waals surface area contributed by atoms with E-state index in [9.17, 15) is 0 Å². The van der Waals surface area contributed by atoms with Gasteiger partial charge in [-0.1, -0.05) is 29.8 Å². The Morgan fingerprint density at radius 1 is 1.23 bits per heavy atom. The average Bonchev–Trinajstić information content (AvgIpc) is 2.30. The molecule has 0 aromatic heterocycles. The Morgan fingerprint density at radius 2 is 1.77 bits per heavy atom. The molecule has 2 rings (SSSR count). The molecule has 2 atom stereocenters. The third kappa shape index (κ3) is 2.10. The van der Waals surface area contributed by atoms with Gasteiger partial charge < -0.3 is 4.90 Å². The zero-order chi connectivity index (χ0) is 9.47. The quantitative estimate of drug-likeness (QED) is 0.692. The van der Waals surface area contributed by atoms with E-state index in [4.69, 9.17) is 0 Å². The Bertz CT molecular complexity index is 179. The van der Waals surface area contributed by atoms with Crippen LogP contribution in [-0.2, 0) is 0 Å². The van der Waals surface area contributed by atoms with Gasteiger partial charge >= 0.3 is 0 Å². The first-order valence-corrected chi connectivity index (χ1v) is 6.51. The van der Waals surface area contributed by atoms with Crippen molar-refractivity contribution < 1.29 is 0 Å². The standard InChI is InChI=1S/C11H20BrN/c1-11(2,7-12)8-13-5-9-3-4-10(9)6-13/h9-10H,3-8H2,1-2H3. The van der Waals surface area contributed by atoms with Crippen LogP contribution in [0.2, 0.25) is 0 Å². The molecule has 1 heterocycles. The SMILES string of the molecule is CC(C)(CBr)CN1CC2CCC2C1. The van der Waals surface area contributed by atoms with E-state index in [-0.39, 0.29) is 0 Å². The minimum Gasteiger partial charge on any atom is -0.302 e. The van der Waals surface area contributed by atoms with Gasteiger partial charge in [0.25, 0.3) is 0 Å². The molecule has 1 saturated heterocycles. The molecule has 13 heavy (non-hydrogen) atoms. The number of alkyl halides is 1. The van der Waals surface area contributed by atoms with Gasteiger partial charge in [-0.05, 0) is 30.1 Å². The van der Waals surface area contributed by atoms with Crippen molar-refractivity contribution in [2.24, 2.45) is 17.3 Å². The van der Waals surface area contributed by atoms with E-state index in [1.807, 2.05) is 0 Å². The molecule has 1 aliphatic heterocycles. The fourth-order valence-corrected chi connectivity index (χ4v) is 2.81. The van der Waals surface area contributed by atoms with E-state index < -0.39 is 0 Å². The first-order valence-electron chi connectivity index (χ1n) is 5.39. The van der Waals surface area contributed by atoms with Crippen LogP contribution < -0.4 is 0 Å². The first-order chi connectivity index (χ1) is 6.11. The summed E-state index contributed by atoms with van der Waals surface area (Å²) in [6, 6.07) is 0. The van der Waals surface area contributed by atoms with Gasteiger partial charge in [-0.25, -0.2) is 0 Å². The van der Waals surface area contributed by atoms with Crippen molar-refractivity contribution in [2.45, 2.75) is 26.7 Å². The minimum absolute atomic E-state index is 0.448. The van der Waals surface area contributed by atoms with Crippen LogP contribution in [0.15, 0.2) is 0 Å². The Balaban J connectivity index is 1.83. The Labute approximate surface area is 90.0 Å². The monoisotopic (exact) mass is 245 g/mol. The smallest absolute Gasteiger partial charge is 0.00949 e. The van der Waals surface area contributed by atoms with Crippen LogP contribution >= 0.6 is 15.9 Å². The van der Waals surface area contributed by atoms with Crippen molar-refractivity contribution in [3.63, 3.8) is 0 Å². The molecule has 1 nitrogen and oxygen atoms in total. The Hall–Kier alpha value is 0.440. The highest BCUT2D eigenvalue weighted by molar-refractivity contribution is 9.09. The van der Waals surface area contributed by atoms with Crippen LogP contribution in [0.25, 0.3) is 0 Å². The van der Waals surface area contributed by atoms with E-state index >= 15 is 0 Å². The van der Waals surface area contributed by atoms with Crippen LogP contribution in [0.1, 0.15) is 26.7 Å². The molecule has 0 aromatic carbocycles. The van der Waals surface area contributed by atoms with Crippen molar-refractivity contribution in [1.29, 1.82) is 0 Å². The van der Waals surface area contributed by atoms with Crippen molar-refractivity contribution >= 4 is 15.9 Å². The van der Waals surface area contributed by atoms with E-state index in [1.54, 1.807) is 0 Å². The van der Waals surface area contributed by atoms with Gasteiger partial charge in [0.2, 0.25) is 0 Å². The van der Waals surface area contributed by atoms with Crippen LogP contribution in [0.3, 0.4) is 0 Å². The highest BCUT2D eigenvalue weighted by atomic mass is 79.9. The normalized spacial score (nSPS) is 34.4. The van der Waals surface area contributed by atoms with Gasteiger partial charge in [0, 0.05) is 25.0 Å². The third-order valence-corrected chi connectivity index (χ3v) is 5.09. The molecule has 2 unspecified atom stereocenters. The lowest BCUT2D eigenvalue weighted by molar-refractivity contribution is 0.227. The molecule has 0 radical (unpaired) electrons. The van der Waals surface area contributed by atoms with Crippen molar-refractivity contribution in [3.05, 3.63) is 0 Å². The van der Waals surface area contributed by atoms with E-state index in [1.165, 1.54) is 32.5 Å². The predicted octanol–water partition coefficient (Wildman–Crippen LogP) is 2.75. The molecule has 76 valence electrons. The van der Waals surface area contributed by atoms with E-state index in [0.29, 0.717) is 5.41 Å². The molecule has 2 fully saturated rings. The van der Waals surface area contributed by atoms with Crippen LogP contribution in [0.4, 0.5) is 0 Å². The predicted molar refractivity (Wildman–Crippen MR) is 60.2 cm³/mol. The summed E-state index contributed by atoms with van der Waals surface area (Å²) in [7, 11) is 0. The van der Waals surface area contributed by atoms with Crippen LogP contribution in [0.5, 0.6) is 0 Å². The molecule has 2 heteroatoms. The van der Waals surface area contributed by atoms with Crippen molar-refractivity contribution in [3.8, 4) is 0 Å². The van der Waals surface area contributed by atoms with Gasteiger partial charge in [0.05, 0.1) is 0 Å². The van der Waals surface area contributed by atoms with Crippen molar-refractivity contribution in [2.75, 3.05) is 25.0 Å². The van der Waals surface area contributed by atoms with Gasteiger partial charge in [0.15, 0.2) is 0 Å². The second-order valence-electron chi connectivity index (χ2n) is 5.59. The number of nitrogens with zero attached hydrogens (tertiary/aromatic N) is 1. The fourth-order valence-electron chi connectivity index (χ4n) is 2.63. The summed E-state index contributed by atoms with van der Waals surface area (Å²) in [5.74, 6) is 2.12. The number of hydrogen-bond donors (Lipinski definition) is 0. The molecule has 1 saturated carbocycles.